The van der Waals surface area contributed by atoms with E-state index >= 15 is 0 Å². The SMILES string of the molecule is COCCCOC(=O)NCCOCCOCC=O. The van der Waals surface area contributed by atoms with E-state index in [2.05, 4.69) is 5.32 Å². The standard InChI is InChI=1S/C11H21NO6/c1-15-5-2-6-18-11(14)12-3-7-16-9-10-17-8-4-13/h4H,2-3,5-10H2,1H3,(H,12,14). The number of alkyl carbamates (subject to hydrolysis) is 1. The van der Waals surface area contributed by atoms with Gasteiger partial charge in [0, 0.05) is 26.7 Å². The molecular formula is C11H21NO6. The molecule has 7 heteroatoms. The van der Waals surface area contributed by atoms with Crippen molar-refractivity contribution in [1.29, 1.82) is 0 Å². The van der Waals surface area contributed by atoms with Gasteiger partial charge in [-0.2, -0.15) is 0 Å². The van der Waals surface area contributed by atoms with Gasteiger partial charge in [-0.15, -0.1) is 0 Å². The summed E-state index contributed by atoms with van der Waals surface area (Å²) in [5.41, 5.74) is 0. The van der Waals surface area contributed by atoms with Crippen LogP contribution in [0, 0.1) is 0 Å². The number of aldehydes is 1. The Labute approximate surface area is 107 Å². The average molecular weight is 263 g/mol. The van der Waals surface area contributed by atoms with E-state index in [1.165, 1.54) is 0 Å². The van der Waals surface area contributed by atoms with Crippen molar-refractivity contribution in [2.45, 2.75) is 6.42 Å². The van der Waals surface area contributed by atoms with Crippen molar-refractivity contribution in [1.82, 2.24) is 5.32 Å². The van der Waals surface area contributed by atoms with E-state index in [-0.39, 0.29) is 6.61 Å². The number of hydrogen-bond donors (Lipinski definition) is 1. The number of ether oxygens (including phenoxy) is 4. The molecule has 18 heavy (non-hydrogen) atoms. The number of amides is 1. The smallest absolute Gasteiger partial charge is 0.407 e. The summed E-state index contributed by atoms with van der Waals surface area (Å²) in [7, 11) is 1.59. The molecule has 0 aliphatic carbocycles. The largest absolute Gasteiger partial charge is 0.449 e. The first-order chi connectivity index (χ1) is 8.81. The molecule has 0 saturated heterocycles. The summed E-state index contributed by atoms with van der Waals surface area (Å²) in [6.07, 6.45) is 0.891. The predicted molar refractivity (Wildman–Crippen MR) is 63.5 cm³/mol. The first kappa shape index (κ1) is 16.8. The van der Waals surface area contributed by atoms with Crippen LogP contribution in [0.15, 0.2) is 0 Å². The quantitative estimate of drug-likeness (QED) is 0.393. The van der Waals surface area contributed by atoms with Gasteiger partial charge in [0.1, 0.15) is 12.9 Å². The third-order valence-corrected chi connectivity index (χ3v) is 1.80. The van der Waals surface area contributed by atoms with E-state index in [1.807, 2.05) is 0 Å². The Balaban J connectivity index is 3.12. The second-order valence-corrected chi connectivity index (χ2v) is 3.26. The van der Waals surface area contributed by atoms with Gasteiger partial charge in [0.25, 0.3) is 0 Å². The summed E-state index contributed by atoms with van der Waals surface area (Å²) in [6.45, 7) is 2.47. The lowest BCUT2D eigenvalue weighted by Crippen LogP contribution is -2.28. The summed E-state index contributed by atoms with van der Waals surface area (Å²) < 4.78 is 19.7. The van der Waals surface area contributed by atoms with Crippen molar-refractivity contribution in [3.05, 3.63) is 0 Å². The maximum Gasteiger partial charge on any atom is 0.407 e. The van der Waals surface area contributed by atoms with Crippen LogP contribution in [0.1, 0.15) is 6.42 Å². The second-order valence-electron chi connectivity index (χ2n) is 3.26. The number of carbonyl (C=O) groups is 2. The molecule has 0 spiro atoms. The summed E-state index contributed by atoms with van der Waals surface area (Å²) >= 11 is 0. The van der Waals surface area contributed by atoms with Crippen LogP contribution in [-0.4, -0.2) is 65.7 Å². The predicted octanol–water partition coefficient (Wildman–Crippen LogP) is -0.0188. The van der Waals surface area contributed by atoms with Crippen LogP contribution >= 0.6 is 0 Å². The Kier molecular flexibility index (Phi) is 13.0. The Hall–Kier alpha value is -1.18. The third-order valence-electron chi connectivity index (χ3n) is 1.80. The van der Waals surface area contributed by atoms with Gasteiger partial charge in [0.15, 0.2) is 0 Å². The van der Waals surface area contributed by atoms with Crippen molar-refractivity contribution in [3.63, 3.8) is 0 Å². The number of rotatable bonds is 12. The Morgan fingerprint density at radius 2 is 1.89 bits per heavy atom. The highest BCUT2D eigenvalue weighted by Crippen LogP contribution is 1.84. The summed E-state index contributed by atoms with van der Waals surface area (Å²) in [5, 5.41) is 2.54. The fraction of sp³-hybridized carbons (Fsp3) is 0.818. The summed E-state index contributed by atoms with van der Waals surface area (Å²) in [6, 6.07) is 0. The lowest BCUT2D eigenvalue weighted by molar-refractivity contribution is -0.112. The molecule has 0 rings (SSSR count). The second kappa shape index (κ2) is 13.9. The lowest BCUT2D eigenvalue weighted by Gasteiger charge is -2.07. The Morgan fingerprint density at radius 1 is 1.11 bits per heavy atom. The van der Waals surface area contributed by atoms with E-state index in [0.717, 1.165) is 0 Å². The normalized spacial score (nSPS) is 10.1. The highest BCUT2D eigenvalue weighted by molar-refractivity contribution is 5.66. The molecule has 1 N–H and O–H groups in total. The number of nitrogens with one attached hydrogen (secondary N) is 1. The minimum Gasteiger partial charge on any atom is -0.449 e. The molecule has 0 saturated carbocycles. The van der Waals surface area contributed by atoms with Crippen molar-refractivity contribution >= 4 is 12.4 Å². The van der Waals surface area contributed by atoms with Gasteiger partial charge in [-0.1, -0.05) is 0 Å². The molecule has 0 aliphatic rings. The van der Waals surface area contributed by atoms with Crippen LogP contribution in [-0.2, 0) is 23.7 Å². The van der Waals surface area contributed by atoms with E-state index in [9.17, 15) is 9.59 Å². The molecule has 0 aromatic rings. The number of hydrogen-bond acceptors (Lipinski definition) is 6. The zero-order valence-electron chi connectivity index (χ0n) is 10.7. The fourth-order valence-corrected chi connectivity index (χ4v) is 0.996. The van der Waals surface area contributed by atoms with Gasteiger partial charge >= 0.3 is 6.09 Å². The van der Waals surface area contributed by atoms with Crippen LogP contribution in [0.2, 0.25) is 0 Å². The molecule has 0 heterocycles. The Bertz CT molecular complexity index is 212. The molecule has 0 atom stereocenters. The van der Waals surface area contributed by atoms with Crippen LogP contribution in [0.5, 0.6) is 0 Å². The van der Waals surface area contributed by atoms with Crippen LogP contribution < -0.4 is 5.32 Å². The zero-order chi connectivity index (χ0) is 13.5. The molecule has 0 bridgehead atoms. The highest BCUT2D eigenvalue weighted by Gasteiger charge is 2.00. The van der Waals surface area contributed by atoms with Gasteiger partial charge in [0.2, 0.25) is 0 Å². The average Bonchev–Trinajstić information content (AvgIpc) is 2.38. The van der Waals surface area contributed by atoms with Crippen LogP contribution in [0.4, 0.5) is 4.79 Å². The molecular weight excluding hydrogens is 242 g/mol. The van der Waals surface area contributed by atoms with Crippen molar-refractivity contribution in [2.75, 3.05) is 53.3 Å². The minimum atomic E-state index is -0.466. The Morgan fingerprint density at radius 3 is 2.61 bits per heavy atom. The zero-order valence-corrected chi connectivity index (χ0v) is 10.7. The first-order valence-corrected chi connectivity index (χ1v) is 5.80. The van der Waals surface area contributed by atoms with Gasteiger partial charge in [-0.05, 0) is 0 Å². The topological polar surface area (TPSA) is 83.1 Å². The number of carbonyl (C=O) groups excluding carboxylic acids is 2. The van der Waals surface area contributed by atoms with Gasteiger partial charge in [0.05, 0.1) is 26.4 Å². The van der Waals surface area contributed by atoms with Gasteiger partial charge in [-0.3, -0.25) is 0 Å². The molecule has 0 aromatic heterocycles. The molecule has 0 aliphatic heterocycles. The van der Waals surface area contributed by atoms with Crippen molar-refractivity contribution in [3.8, 4) is 0 Å². The fourth-order valence-electron chi connectivity index (χ4n) is 0.996. The summed E-state index contributed by atoms with van der Waals surface area (Å²) in [5.74, 6) is 0. The third kappa shape index (κ3) is 12.9. The monoisotopic (exact) mass is 263 g/mol. The van der Waals surface area contributed by atoms with E-state index in [0.29, 0.717) is 52.3 Å². The number of methoxy groups -OCH3 is 1. The van der Waals surface area contributed by atoms with Gasteiger partial charge in [-0.25, -0.2) is 4.79 Å². The maximum atomic E-state index is 11.1. The van der Waals surface area contributed by atoms with Crippen molar-refractivity contribution < 1.29 is 28.5 Å². The van der Waals surface area contributed by atoms with E-state index in [1.54, 1.807) is 7.11 Å². The molecule has 0 aromatic carbocycles. The molecule has 106 valence electrons. The molecule has 1 amide bonds. The summed E-state index contributed by atoms with van der Waals surface area (Å²) in [4.78, 5) is 21.0. The maximum absolute atomic E-state index is 11.1. The lowest BCUT2D eigenvalue weighted by atomic mass is 10.5. The molecule has 0 radical (unpaired) electrons. The minimum absolute atomic E-state index is 0.0788. The first-order valence-electron chi connectivity index (χ1n) is 5.80. The molecule has 7 nitrogen and oxygen atoms in total. The van der Waals surface area contributed by atoms with E-state index in [4.69, 9.17) is 18.9 Å². The van der Waals surface area contributed by atoms with Crippen molar-refractivity contribution in [2.24, 2.45) is 0 Å². The van der Waals surface area contributed by atoms with Crippen LogP contribution in [0.25, 0.3) is 0 Å². The van der Waals surface area contributed by atoms with E-state index < -0.39 is 6.09 Å². The van der Waals surface area contributed by atoms with Crippen LogP contribution in [0.3, 0.4) is 0 Å². The molecule has 0 unspecified atom stereocenters. The molecule has 0 fully saturated rings. The van der Waals surface area contributed by atoms with Gasteiger partial charge < -0.3 is 29.1 Å². The highest BCUT2D eigenvalue weighted by atomic mass is 16.6.